The third kappa shape index (κ3) is 6.47. The minimum absolute atomic E-state index is 0.0537. The number of ether oxygens (including phenoxy) is 1. The second-order valence-electron chi connectivity index (χ2n) is 6.58. The Bertz CT molecular complexity index is 923. The molecule has 0 aliphatic heterocycles. The van der Waals surface area contributed by atoms with Gasteiger partial charge in [0, 0.05) is 16.9 Å². The number of benzene rings is 1. The van der Waals surface area contributed by atoms with Gasteiger partial charge in [-0.1, -0.05) is 17.7 Å². The first-order valence-corrected chi connectivity index (χ1v) is 10.6. The largest absolute Gasteiger partial charge is 0.489 e. The summed E-state index contributed by atoms with van der Waals surface area (Å²) in [4.78, 5) is 5.90. The van der Waals surface area contributed by atoms with Crippen LogP contribution in [-0.4, -0.2) is 33.4 Å². The number of aromatic nitrogens is 3. The lowest BCUT2D eigenvalue weighted by Gasteiger charge is -2.18. The number of aryl methyl sites for hydroxylation is 1. The van der Waals surface area contributed by atoms with Crippen LogP contribution < -0.4 is 15.4 Å². The molecule has 154 valence electrons. The van der Waals surface area contributed by atoms with Crippen LogP contribution in [0.1, 0.15) is 23.4 Å². The van der Waals surface area contributed by atoms with Crippen molar-refractivity contribution < 1.29 is 4.74 Å². The van der Waals surface area contributed by atoms with Crippen molar-refractivity contribution in [2.75, 3.05) is 6.54 Å². The van der Waals surface area contributed by atoms with Crippen molar-refractivity contribution in [3.05, 3.63) is 63.3 Å². The van der Waals surface area contributed by atoms with Crippen LogP contribution >= 0.6 is 22.9 Å². The SMILES string of the molecule is Cc1nnc(CN=C(NCc2cccs2)NCC(C)Oc2ccc(Cl)cc2)n1C. The number of rotatable bonds is 8. The minimum atomic E-state index is -0.0537. The lowest BCUT2D eigenvalue weighted by Crippen LogP contribution is -2.41. The number of aliphatic imine (C=N–C) groups is 1. The van der Waals surface area contributed by atoms with Crippen molar-refractivity contribution in [1.29, 1.82) is 0 Å². The van der Waals surface area contributed by atoms with Crippen LogP contribution in [0.4, 0.5) is 0 Å². The number of thiophene rings is 1. The minimum Gasteiger partial charge on any atom is -0.489 e. The second kappa shape index (κ2) is 10.3. The molecule has 1 unspecified atom stereocenters. The zero-order valence-electron chi connectivity index (χ0n) is 16.7. The average molecular weight is 433 g/mol. The molecule has 0 amide bonds. The lowest BCUT2D eigenvalue weighted by molar-refractivity contribution is 0.224. The molecule has 2 N–H and O–H groups in total. The van der Waals surface area contributed by atoms with Gasteiger partial charge in [0.05, 0.1) is 13.1 Å². The maximum atomic E-state index is 5.93. The molecule has 7 nitrogen and oxygen atoms in total. The molecule has 0 saturated carbocycles. The summed E-state index contributed by atoms with van der Waals surface area (Å²) in [7, 11) is 1.94. The first-order chi connectivity index (χ1) is 14.0. The van der Waals surface area contributed by atoms with E-state index in [2.05, 4.69) is 37.3 Å². The van der Waals surface area contributed by atoms with Crippen LogP contribution in [0.15, 0.2) is 46.8 Å². The summed E-state index contributed by atoms with van der Waals surface area (Å²) in [6.07, 6.45) is -0.0537. The highest BCUT2D eigenvalue weighted by atomic mass is 35.5. The number of nitrogens with one attached hydrogen (secondary N) is 2. The molecule has 1 atom stereocenters. The van der Waals surface area contributed by atoms with Crippen LogP contribution in [0.3, 0.4) is 0 Å². The quantitative estimate of drug-likeness (QED) is 0.420. The first kappa shape index (κ1) is 21.1. The molecular weight excluding hydrogens is 408 g/mol. The fraction of sp³-hybridized carbons (Fsp3) is 0.350. The molecule has 29 heavy (non-hydrogen) atoms. The predicted octanol–water partition coefficient (Wildman–Crippen LogP) is 3.54. The molecule has 0 bridgehead atoms. The van der Waals surface area contributed by atoms with Crippen LogP contribution in [0, 0.1) is 6.92 Å². The van der Waals surface area contributed by atoms with Gasteiger partial charge in [0.15, 0.2) is 11.8 Å². The van der Waals surface area contributed by atoms with E-state index in [0.717, 1.165) is 17.4 Å². The van der Waals surface area contributed by atoms with E-state index in [0.29, 0.717) is 30.6 Å². The standard InChI is InChI=1S/C20H25ClN6OS/c1-14(28-17-8-6-16(21)7-9-17)11-22-20(23-12-18-5-4-10-29-18)24-13-19-26-25-15(2)27(19)3/h4-10,14H,11-13H2,1-3H3,(H2,22,23,24). The Morgan fingerprint density at radius 2 is 2.03 bits per heavy atom. The smallest absolute Gasteiger partial charge is 0.192 e. The fourth-order valence-corrected chi connectivity index (χ4v) is 3.29. The predicted molar refractivity (Wildman–Crippen MR) is 118 cm³/mol. The Balaban J connectivity index is 1.59. The third-order valence-electron chi connectivity index (χ3n) is 4.28. The van der Waals surface area contributed by atoms with Gasteiger partial charge < -0.3 is 19.9 Å². The Kier molecular flexibility index (Phi) is 7.48. The molecule has 0 saturated heterocycles. The monoisotopic (exact) mass is 432 g/mol. The number of nitrogens with zero attached hydrogens (tertiary/aromatic N) is 4. The van der Waals surface area contributed by atoms with Gasteiger partial charge in [-0.05, 0) is 49.6 Å². The summed E-state index contributed by atoms with van der Waals surface area (Å²) in [6.45, 7) is 5.66. The van der Waals surface area contributed by atoms with Gasteiger partial charge in [0.2, 0.25) is 0 Å². The van der Waals surface area contributed by atoms with Crippen molar-refractivity contribution in [1.82, 2.24) is 25.4 Å². The van der Waals surface area contributed by atoms with Gasteiger partial charge in [-0.15, -0.1) is 21.5 Å². The van der Waals surface area contributed by atoms with Crippen LogP contribution in [0.25, 0.3) is 0 Å². The van der Waals surface area contributed by atoms with E-state index in [4.69, 9.17) is 16.3 Å². The van der Waals surface area contributed by atoms with Gasteiger partial charge in [-0.25, -0.2) is 4.99 Å². The van der Waals surface area contributed by atoms with E-state index in [1.807, 2.05) is 55.8 Å². The second-order valence-corrected chi connectivity index (χ2v) is 8.05. The maximum absolute atomic E-state index is 5.93. The molecule has 9 heteroatoms. The van der Waals surface area contributed by atoms with Crippen LogP contribution in [0.5, 0.6) is 5.75 Å². The van der Waals surface area contributed by atoms with Gasteiger partial charge in [0.1, 0.15) is 24.2 Å². The van der Waals surface area contributed by atoms with Gasteiger partial charge >= 0.3 is 0 Å². The van der Waals surface area contributed by atoms with Gasteiger partial charge in [-0.3, -0.25) is 0 Å². The molecule has 0 spiro atoms. The number of hydrogen-bond acceptors (Lipinski definition) is 5. The lowest BCUT2D eigenvalue weighted by atomic mass is 10.3. The van der Waals surface area contributed by atoms with E-state index < -0.39 is 0 Å². The molecule has 1 aromatic carbocycles. The summed E-state index contributed by atoms with van der Waals surface area (Å²) in [6, 6.07) is 11.5. The Morgan fingerprint density at radius 3 is 2.69 bits per heavy atom. The summed E-state index contributed by atoms with van der Waals surface area (Å²) in [5.74, 6) is 3.15. The van der Waals surface area contributed by atoms with Gasteiger partial charge in [0.25, 0.3) is 0 Å². The van der Waals surface area contributed by atoms with Crippen LogP contribution in [-0.2, 0) is 20.1 Å². The molecular formula is C20H25ClN6OS. The molecule has 3 aromatic rings. The summed E-state index contributed by atoms with van der Waals surface area (Å²) in [5.41, 5.74) is 0. The molecule has 0 fully saturated rings. The zero-order valence-corrected chi connectivity index (χ0v) is 18.3. The fourth-order valence-electron chi connectivity index (χ4n) is 2.52. The van der Waals surface area contributed by atoms with E-state index in [1.165, 1.54) is 4.88 Å². The van der Waals surface area contributed by atoms with Gasteiger partial charge in [-0.2, -0.15) is 0 Å². The molecule has 0 radical (unpaired) electrons. The van der Waals surface area contributed by atoms with E-state index in [-0.39, 0.29) is 6.10 Å². The molecule has 3 rings (SSSR count). The summed E-state index contributed by atoms with van der Waals surface area (Å²) in [5, 5.41) is 17.7. The Hall–Kier alpha value is -2.58. The van der Waals surface area contributed by atoms with Crippen molar-refractivity contribution in [3.8, 4) is 5.75 Å². The normalized spacial score (nSPS) is 12.6. The Labute approximate surface area is 179 Å². The van der Waals surface area contributed by atoms with E-state index >= 15 is 0 Å². The first-order valence-electron chi connectivity index (χ1n) is 9.33. The third-order valence-corrected chi connectivity index (χ3v) is 5.41. The zero-order chi connectivity index (χ0) is 20.6. The summed E-state index contributed by atoms with van der Waals surface area (Å²) < 4.78 is 7.86. The molecule has 0 aliphatic rings. The van der Waals surface area contributed by atoms with E-state index in [1.54, 1.807) is 11.3 Å². The van der Waals surface area contributed by atoms with Crippen molar-refractivity contribution in [2.45, 2.75) is 33.0 Å². The molecule has 2 aromatic heterocycles. The number of hydrogen-bond donors (Lipinski definition) is 2. The summed E-state index contributed by atoms with van der Waals surface area (Å²) >= 11 is 7.63. The van der Waals surface area contributed by atoms with E-state index in [9.17, 15) is 0 Å². The topological polar surface area (TPSA) is 76.4 Å². The average Bonchev–Trinajstić information content (AvgIpc) is 3.34. The Morgan fingerprint density at radius 1 is 1.24 bits per heavy atom. The highest BCUT2D eigenvalue weighted by molar-refractivity contribution is 7.09. The van der Waals surface area contributed by atoms with Crippen LogP contribution in [0.2, 0.25) is 5.02 Å². The van der Waals surface area contributed by atoms with Crippen molar-refractivity contribution >= 4 is 28.9 Å². The number of halogens is 1. The number of guanidine groups is 1. The molecule has 2 heterocycles. The maximum Gasteiger partial charge on any atom is 0.192 e. The highest BCUT2D eigenvalue weighted by Gasteiger charge is 2.08. The van der Waals surface area contributed by atoms with Crippen molar-refractivity contribution in [3.63, 3.8) is 0 Å². The molecule has 0 aliphatic carbocycles. The van der Waals surface area contributed by atoms with Crippen molar-refractivity contribution in [2.24, 2.45) is 12.0 Å². The highest BCUT2D eigenvalue weighted by Crippen LogP contribution is 2.16.